The average molecular weight is 203 g/mol. The van der Waals surface area contributed by atoms with Gasteiger partial charge in [0.1, 0.15) is 0 Å². The molecule has 4 nitrogen and oxygen atoms in total. The molecule has 1 aromatic carbocycles. The molecule has 15 heavy (non-hydrogen) atoms. The number of rotatable bonds is 4. The predicted octanol–water partition coefficient (Wildman–Crippen LogP) is 1.30. The summed E-state index contributed by atoms with van der Waals surface area (Å²) in [5.41, 5.74) is 6.17. The number of aromatic nitrogens is 2. The van der Waals surface area contributed by atoms with Gasteiger partial charge in [-0.05, 0) is 12.5 Å². The molecule has 2 N–H and O–H groups in total. The van der Waals surface area contributed by atoms with Crippen molar-refractivity contribution >= 4 is 16.8 Å². The number of aryl methyl sites for hydroxylation is 1. The van der Waals surface area contributed by atoms with Crippen molar-refractivity contribution in [1.29, 1.82) is 0 Å². The van der Waals surface area contributed by atoms with Crippen molar-refractivity contribution in [2.75, 3.05) is 0 Å². The van der Waals surface area contributed by atoms with Crippen LogP contribution in [-0.4, -0.2) is 15.7 Å². The number of primary amides is 1. The van der Waals surface area contributed by atoms with Gasteiger partial charge in [-0.1, -0.05) is 18.2 Å². The molecule has 0 saturated heterocycles. The molecule has 0 radical (unpaired) electrons. The Balaban J connectivity index is 2.11. The zero-order valence-corrected chi connectivity index (χ0v) is 8.39. The van der Waals surface area contributed by atoms with Gasteiger partial charge < -0.3 is 5.73 Å². The highest BCUT2D eigenvalue weighted by Crippen LogP contribution is 2.12. The fourth-order valence-electron chi connectivity index (χ4n) is 1.61. The van der Waals surface area contributed by atoms with E-state index >= 15 is 0 Å². The summed E-state index contributed by atoms with van der Waals surface area (Å²) in [6.45, 7) is 0.733. The predicted molar refractivity (Wildman–Crippen MR) is 58.2 cm³/mol. The van der Waals surface area contributed by atoms with E-state index < -0.39 is 0 Å². The third-order valence-corrected chi connectivity index (χ3v) is 2.34. The standard InChI is InChI=1S/C11H13N3O/c12-11(15)6-3-7-14-10-5-2-1-4-9(10)8-13-14/h1-2,4-5,8H,3,6-7H2,(H2,12,15). The molecule has 0 aliphatic carbocycles. The number of para-hydroxylation sites is 1. The summed E-state index contributed by atoms with van der Waals surface area (Å²) >= 11 is 0. The second-order valence-corrected chi connectivity index (χ2v) is 3.50. The molecule has 0 aliphatic heterocycles. The molecule has 0 unspecified atom stereocenters. The molecule has 1 aromatic heterocycles. The molecule has 1 amide bonds. The first-order chi connectivity index (χ1) is 7.27. The minimum Gasteiger partial charge on any atom is -0.370 e. The molecule has 0 spiro atoms. The van der Waals surface area contributed by atoms with Gasteiger partial charge in [0.05, 0.1) is 11.7 Å². The second-order valence-electron chi connectivity index (χ2n) is 3.50. The van der Waals surface area contributed by atoms with Crippen molar-refractivity contribution in [2.45, 2.75) is 19.4 Å². The van der Waals surface area contributed by atoms with E-state index in [-0.39, 0.29) is 5.91 Å². The van der Waals surface area contributed by atoms with E-state index in [9.17, 15) is 4.79 Å². The minimum atomic E-state index is -0.258. The summed E-state index contributed by atoms with van der Waals surface area (Å²) in [6.07, 6.45) is 2.98. The number of nitrogens with two attached hydrogens (primary N) is 1. The molecule has 0 aliphatic rings. The van der Waals surface area contributed by atoms with Crippen LogP contribution < -0.4 is 5.73 Å². The molecule has 2 rings (SSSR count). The highest BCUT2D eigenvalue weighted by atomic mass is 16.1. The molecule has 0 atom stereocenters. The zero-order valence-electron chi connectivity index (χ0n) is 8.39. The van der Waals surface area contributed by atoms with Crippen molar-refractivity contribution in [3.63, 3.8) is 0 Å². The Morgan fingerprint density at radius 1 is 1.40 bits per heavy atom. The third kappa shape index (κ3) is 2.15. The molecular weight excluding hydrogens is 190 g/mol. The van der Waals surface area contributed by atoms with Crippen molar-refractivity contribution in [1.82, 2.24) is 9.78 Å². The van der Waals surface area contributed by atoms with Gasteiger partial charge in [-0.2, -0.15) is 5.10 Å². The summed E-state index contributed by atoms with van der Waals surface area (Å²) < 4.78 is 1.90. The SMILES string of the molecule is NC(=O)CCCn1ncc2ccccc21. The highest BCUT2D eigenvalue weighted by Gasteiger charge is 2.01. The van der Waals surface area contributed by atoms with Crippen LogP contribution in [0.2, 0.25) is 0 Å². The Kier molecular flexibility index (Phi) is 2.67. The van der Waals surface area contributed by atoms with E-state index in [1.54, 1.807) is 0 Å². The molecule has 0 saturated carbocycles. The zero-order chi connectivity index (χ0) is 10.7. The van der Waals surface area contributed by atoms with Crippen LogP contribution in [0, 0.1) is 0 Å². The summed E-state index contributed by atoms with van der Waals surface area (Å²) in [5, 5.41) is 5.38. The maximum Gasteiger partial charge on any atom is 0.217 e. The first kappa shape index (κ1) is 9.71. The van der Waals surface area contributed by atoms with E-state index in [1.807, 2.05) is 35.1 Å². The van der Waals surface area contributed by atoms with E-state index in [2.05, 4.69) is 5.10 Å². The van der Waals surface area contributed by atoms with Crippen molar-refractivity contribution < 1.29 is 4.79 Å². The van der Waals surface area contributed by atoms with Gasteiger partial charge in [-0.3, -0.25) is 9.48 Å². The van der Waals surface area contributed by atoms with Gasteiger partial charge in [0, 0.05) is 18.4 Å². The Labute approximate surface area is 87.7 Å². The fraction of sp³-hybridized carbons (Fsp3) is 0.273. The third-order valence-electron chi connectivity index (χ3n) is 2.34. The Bertz CT molecular complexity index is 475. The van der Waals surface area contributed by atoms with Crippen LogP contribution in [0.4, 0.5) is 0 Å². The van der Waals surface area contributed by atoms with Crippen LogP contribution in [-0.2, 0) is 11.3 Å². The maximum absolute atomic E-state index is 10.6. The number of benzene rings is 1. The van der Waals surface area contributed by atoms with Crippen LogP contribution in [0.5, 0.6) is 0 Å². The smallest absolute Gasteiger partial charge is 0.217 e. The number of fused-ring (bicyclic) bond motifs is 1. The largest absolute Gasteiger partial charge is 0.370 e. The van der Waals surface area contributed by atoms with E-state index in [0.29, 0.717) is 6.42 Å². The van der Waals surface area contributed by atoms with Gasteiger partial charge >= 0.3 is 0 Å². The van der Waals surface area contributed by atoms with Gasteiger partial charge in [-0.25, -0.2) is 0 Å². The summed E-state index contributed by atoms with van der Waals surface area (Å²) in [4.78, 5) is 10.6. The van der Waals surface area contributed by atoms with E-state index in [0.717, 1.165) is 23.9 Å². The number of hydrogen-bond acceptors (Lipinski definition) is 2. The number of hydrogen-bond donors (Lipinski definition) is 1. The topological polar surface area (TPSA) is 60.9 Å². The number of nitrogens with zero attached hydrogens (tertiary/aromatic N) is 2. The van der Waals surface area contributed by atoms with Gasteiger partial charge in [0.2, 0.25) is 5.91 Å². The average Bonchev–Trinajstić information content (AvgIpc) is 2.62. The maximum atomic E-state index is 10.6. The van der Waals surface area contributed by atoms with Crippen LogP contribution in [0.3, 0.4) is 0 Å². The van der Waals surface area contributed by atoms with Crippen LogP contribution in [0.25, 0.3) is 10.9 Å². The van der Waals surface area contributed by atoms with E-state index in [4.69, 9.17) is 5.73 Å². The lowest BCUT2D eigenvalue weighted by Gasteiger charge is -2.01. The second kappa shape index (κ2) is 4.13. The number of carbonyl (C=O) groups is 1. The van der Waals surface area contributed by atoms with Gasteiger partial charge in [-0.15, -0.1) is 0 Å². The van der Waals surface area contributed by atoms with Crippen LogP contribution in [0.1, 0.15) is 12.8 Å². The summed E-state index contributed by atoms with van der Waals surface area (Å²) in [5.74, 6) is -0.258. The number of amides is 1. The fourth-order valence-corrected chi connectivity index (χ4v) is 1.61. The minimum absolute atomic E-state index is 0.258. The molecule has 0 fully saturated rings. The molecule has 2 aromatic rings. The molecule has 1 heterocycles. The van der Waals surface area contributed by atoms with Gasteiger partial charge in [0.25, 0.3) is 0 Å². The Morgan fingerprint density at radius 2 is 2.20 bits per heavy atom. The lowest BCUT2D eigenvalue weighted by Crippen LogP contribution is -2.11. The van der Waals surface area contributed by atoms with Crippen LogP contribution >= 0.6 is 0 Å². The Morgan fingerprint density at radius 3 is 3.00 bits per heavy atom. The molecule has 0 bridgehead atoms. The summed E-state index contributed by atoms with van der Waals surface area (Å²) in [7, 11) is 0. The quantitative estimate of drug-likeness (QED) is 0.814. The lowest BCUT2D eigenvalue weighted by atomic mass is 10.2. The Hall–Kier alpha value is -1.84. The monoisotopic (exact) mass is 203 g/mol. The van der Waals surface area contributed by atoms with Crippen molar-refractivity contribution in [3.8, 4) is 0 Å². The van der Waals surface area contributed by atoms with E-state index in [1.165, 1.54) is 0 Å². The molecular formula is C11H13N3O. The first-order valence-corrected chi connectivity index (χ1v) is 4.96. The van der Waals surface area contributed by atoms with Crippen LogP contribution in [0.15, 0.2) is 30.5 Å². The summed E-state index contributed by atoms with van der Waals surface area (Å²) in [6, 6.07) is 8.01. The molecule has 4 heteroatoms. The normalized spacial score (nSPS) is 10.7. The number of carbonyl (C=O) groups excluding carboxylic acids is 1. The van der Waals surface area contributed by atoms with Gasteiger partial charge in [0.15, 0.2) is 0 Å². The lowest BCUT2D eigenvalue weighted by molar-refractivity contribution is -0.118. The molecule has 78 valence electrons. The first-order valence-electron chi connectivity index (χ1n) is 4.96. The highest BCUT2D eigenvalue weighted by molar-refractivity contribution is 5.78. The van der Waals surface area contributed by atoms with Crippen molar-refractivity contribution in [2.24, 2.45) is 5.73 Å². The van der Waals surface area contributed by atoms with Crippen molar-refractivity contribution in [3.05, 3.63) is 30.5 Å².